The molecule has 4 nitrogen and oxygen atoms in total. The summed E-state index contributed by atoms with van der Waals surface area (Å²) >= 11 is 3.45. The molecule has 0 saturated carbocycles. The molecule has 0 aliphatic carbocycles. The second kappa shape index (κ2) is 4.59. The van der Waals surface area contributed by atoms with Crippen LogP contribution in [0.2, 0.25) is 0 Å². The highest BCUT2D eigenvalue weighted by molar-refractivity contribution is 9.10. The molecule has 0 bridgehead atoms. The minimum absolute atomic E-state index is 0.284. The SMILES string of the molecule is CC1CCN(c2c(N)cncc2Br)CC1O. The minimum atomic E-state index is -0.284. The molecule has 2 rings (SSSR count). The van der Waals surface area contributed by atoms with Gasteiger partial charge in [-0.05, 0) is 28.3 Å². The Labute approximate surface area is 104 Å². The lowest BCUT2D eigenvalue weighted by Gasteiger charge is -2.36. The summed E-state index contributed by atoms with van der Waals surface area (Å²) in [5.41, 5.74) is 7.51. The van der Waals surface area contributed by atoms with Crippen LogP contribution < -0.4 is 10.6 Å². The summed E-state index contributed by atoms with van der Waals surface area (Å²) in [6, 6.07) is 0. The molecule has 88 valence electrons. The third-order valence-electron chi connectivity index (χ3n) is 3.14. The number of piperidine rings is 1. The van der Waals surface area contributed by atoms with Crippen LogP contribution >= 0.6 is 15.9 Å². The summed E-state index contributed by atoms with van der Waals surface area (Å²) < 4.78 is 0.884. The van der Waals surface area contributed by atoms with Crippen LogP contribution in [-0.4, -0.2) is 29.3 Å². The number of aliphatic hydroxyl groups excluding tert-OH is 1. The molecule has 0 aromatic carbocycles. The van der Waals surface area contributed by atoms with Gasteiger partial charge < -0.3 is 15.7 Å². The topological polar surface area (TPSA) is 62.4 Å². The highest BCUT2D eigenvalue weighted by Crippen LogP contribution is 2.33. The molecule has 1 aromatic rings. The van der Waals surface area contributed by atoms with Crippen LogP contribution in [0.15, 0.2) is 16.9 Å². The zero-order valence-corrected chi connectivity index (χ0v) is 10.8. The van der Waals surface area contributed by atoms with Crippen LogP contribution in [0.3, 0.4) is 0 Å². The predicted octanol–water partition coefficient (Wildman–Crippen LogP) is 1.63. The summed E-state index contributed by atoms with van der Waals surface area (Å²) in [4.78, 5) is 6.13. The molecule has 0 radical (unpaired) electrons. The van der Waals surface area contributed by atoms with Gasteiger partial charge in [-0.15, -0.1) is 0 Å². The summed E-state index contributed by atoms with van der Waals surface area (Å²) in [7, 11) is 0. The van der Waals surface area contributed by atoms with E-state index in [4.69, 9.17) is 5.73 Å². The first kappa shape index (κ1) is 11.7. The van der Waals surface area contributed by atoms with E-state index in [1.165, 1.54) is 0 Å². The number of aliphatic hydroxyl groups is 1. The molecule has 1 aliphatic heterocycles. The van der Waals surface area contributed by atoms with Gasteiger partial charge in [0, 0.05) is 19.3 Å². The molecule has 1 aliphatic rings. The maximum atomic E-state index is 9.88. The van der Waals surface area contributed by atoms with Crippen LogP contribution in [0.25, 0.3) is 0 Å². The lowest BCUT2D eigenvalue weighted by Crippen LogP contribution is -2.43. The lowest BCUT2D eigenvalue weighted by molar-refractivity contribution is 0.103. The first-order chi connectivity index (χ1) is 7.59. The number of hydrogen-bond donors (Lipinski definition) is 2. The molecule has 1 aromatic heterocycles. The van der Waals surface area contributed by atoms with Crippen molar-refractivity contribution in [1.82, 2.24) is 4.98 Å². The zero-order chi connectivity index (χ0) is 11.7. The van der Waals surface area contributed by atoms with Gasteiger partial charge in [-0.1, -0.05) is 6.92 Å². The summed E-state index contributed by atoms with van der Waals surface area (Å²) in [6.07, 6.45) is 4.07. The Morgan fingerprint density at radius 1 is 1.56 bits per heavy atom. The molecule has 0 amide bonds. The fraction of sp³-hybridized carbons (Fsp3) is 0.545. The number of nitrogen functional groups attached to an aromatic ring is 1. The highest BCUT2D eigenvalue weighted by atomic mass is 79.9. The van der Waals surface area contributed by atoms with Gasteiger partial charge in [-0.25, -0.2) is 0 Å². The largest absolute Gasteiger partial charge is 0.396 e. The molecule has 5 heteroatoms. The number of pyridine rings is 1. The van der Waals surface area contributed by atoms with E-state index in [9.17, 15) is 5.11 Å². The van der Waals surface area contributed by atoms with Crippen LogP contribution in [0.5, 0.6) is 0 Å². The first-order valence-corrected chi connectivity index (χ1v) is 6.21. The monoisotopic (exact) mass is 285 g/mol. The average molecular weight is 286 g/mol. The van der Waals surface area contributed by atoms with Gasteiger partial charge in [-0.2, -0.15) is 0 Å². The van der Waals surface area contributed by atoms with Crippen molar-refractivity contribution in [2.45, 2.75) is 19.4 Å². The van der Waals surface area contributed by atoms with E-state index in [-0.39, 0.29) is 6.10 Å². The molecule has 2 atom stereocenters. The predicted molar refractivity (Wildman–Crippen MR) is 68.4 cm³/mol. The van der Waals surface area contributed by atoms with Gasteiger partial charge in [-0.3, -0.25) is 4.98 Å². The Bertz CT molecular complexity index is 365. The third-order valence-corrected chi connectivity index (χ3v) is 3.72. The molecule has 3 N–H and O–H groups in total. The van der Waals surface area contributed by atoms with Crippen molar-refractivity contribution >= 4 is 27.3 Å². The Kier molecular flexibility index (Phi) is 3.35. The van der Waals surface area contributed by atoms with E-state index in [0.29, 0.717) is 18.2 Å². The van der Waals surface area contributed by atoms with Crippen LogP contribution in [-0.2, 0) is 0 Å². The van der Waals surface area contributed by atoms with Crippen molar-refractivity contribution in [3.8, 4) is 0 Å². The highest BCUT2D eigenvalue weighted by Gasteiger charge is 2.26. The Balaban J connectivity index is 2.25. The Hall–Kier alpha value is -0.810. The Morgan fingerprint density at radius 3 is 2.94 bits per heavy atom. The van der Waals surface area contributed by atoms with Gasteiger partial charge in [0.1, 0.15) is 0 Å². The molecule has 2 heterocycles. The van der Waals surface area contributed by atoms with Crippen LogP contribution in [0, 0.1) is 5.92 Å². The maximum Gasteiger partial charge on any atom is 0.0776 e. The Morgan fingerprint density at radius 2 is 2.31 bits per heavy atom. The van der Waals surface area contributed by atoms with Crippen LogP contribution in [0.4, 0.5) is 11.4 Å². The van der Waals surface area contributed by atoms with E-state index < -0.39 is 0 Å². The number of anilines is 2. The van der Waals surface area contributed by atoms with Crippen molar-refractivity contribution in [3.05, 3.63) is 16.9 Å². The first-order valence-electron chi connectivity index (χ1n) is 5.41. The van der Waals surface area contributed by atoms with Gasteiger partial charge in [0.15, 0.2) is 0 Å². The quantitative estimate of drug-likeness (QED) is 0.823. The van der Waals surface area contributed by atoms with Crippen molar-refractivity contribution in [3.63, 3.8) is 0 Å². The molecule has 16 heavy (non-hydrogen) atoms. The smallest absolute Gasteiger partial charge is 0.0776 e. The molecule has 1 fully saturated rings. The van der Waals surface area contributed by atoms with Gasteiger partial charge in [0.25, 0.3) is 0 Å². The second-order valence-corrected chi connectivity index (χ2v) is 5.19. The van der Waals surface area contributed by atoms with E-state index in [0.717, 1.165) is 23.1 Å². The summed E-state index contributed by atoms with van der Waals surface area (Å²) in [5.74, 6) is 0.359. The lowest BCUT2D eigenvalue weighted by atomic mass is 9.95. The van der Waals surface area contributed by atoms with E-state index >= 15 is 0 Å². The number of nitrogens with two attached hydrogens (primary N) is 1. The number of aromatic nitrogens is 1. The van der Waals surface area contributed by atoms with Crippen molar-refractivity contribution in [2.75, 3.05) is 23.7 Å². The molecular weight excluding hydrogens is 270 g/mol. The maximum absolute atomic E-state index is 9.88. The molecule has 1 saturated heterocycles. The number of rotatable bonds is 1. The fourth-order valence-electron chi connectivity index (χ4n) is 2.03. The van der Waals surface area contributed by atoms with E-state index in [1.807, 2.05) is 0 Å². The second-order valence-electron chi connectivity index (χ2n) is 4.34. The van der Waals surface area contributed by atoms with Gasteiger partial charge in [0.2, 0.25) is 0 Å². The molecule has 2 unspecified atom stereocenters. The van der Waals surface area contributed by atoms with Crippen molar-refractivity contribution in [2.24, 2.45) is 5.92 Å². The average Bonchev–Trinajstić information content (AvgIpc) is 2.23. The summed E-state index contributed by atoms with van der Waals surface area (Å²) in [6.45, 7) is 3.63. The van der Waals surface area contributed by atoms with Crippen molar-refractivity contribution < 1.29 is 5.11 Å². The zero-order valence-electron chi connectivity index (χ0n) is 9.23. The van der Waals surface area contributed by atoms with Crippen molar-refractivity contribution in [1.29, 1.82) is 0 Å². The number of hydrogen-bond acceptors (Lipinski definition) is 4. The molecule has 0 spiro atoms. The molecular formula is C11H16BrN3O. The third kappa shape index (κ3) is 2.15. The number of nitrogens with zero attached hydrogens (tertiary/aromatic N) is 2. The van der Waals surface area contributed by atoms with Gasteiger partial charge in [0.05, 0.1) is 28.1 Å². The fourth-order valence-corrected chi connectivity index (χ4v) is 2.63. The van der Waals surface area contributed by atoms with E-state index in [2.05, 4.69) is 32.7 Å². The van der Waals surface area contributed by atoms with Gasteiger partial charge >= 0.3 is 0 Å². The van der Waals surface area contributed by atoms with Crippen LogP contribution in [0.1, 0.15) is 13.3 Å². The standard InChI is InChI=1S/C11H16BrN3O/c1-7-2-3-15(6-10(7)16)11-8(12)4-14-5-9(11)13/h4-5,7,10,16H,2-3,6,13H2,1H3. The number of β-amino-alcohol motifs (C(OH)–C–C–N with tert-alkyl or cyclic N) is 1. The number of halogens is 1. The normalized spacial score (nSPS) is 25.8. The summed E-state index contributed by atoms with van der Waals surface area (Å²) in [5, 5.41) is 9.88. The minimum Gasteiger partial charge on any atom is -0.396 e. The van der Waals surface area contributed by atoms with E-state index in [1.54, 1.807) is 12.4 Å².